The largest absolute Gasteiger partial charge is 0.508 e. The molecule has 1 heterocycles. The van der Waals surface area contributed by atoms with Gasteiger partial charge in [0.2, 0.25) is 0 Å². The van der Waals surface area contributed by atoms with Crippen LogP contribution in [-0.4, -0.2) is 33.0 Å². The molecule has 1 aromatic rings. The summed E-state index contributed by atoms with van der Waals surface area (Å²) in [5, 5.41) is 29.3. The van der Waals surface area contributed by atoms with Crippen molar-refractivity contribution in [3.63, 3.8) is 0 Å². The van der Waals surface area contributed by atoms with E-state index in [4.69, 9.17) is 9.84 Å². The lowest BCUT2D eigenvalue weighted by Crippen LogP contribution is -2.50. The van der Waals surface area contributed by atoms with E-state index in [1.54, 1.807) is 6.92 Å². The van der Waals surface area contributed by atoms with E-state index in [2.05, 4.69) is 0 Å². The summed E-state index contributed by atoms with van der Waals surface area (Å²) in [6.07, 6.45) is 0.526. The molecule has 5 nitrogen and oxygen atoms in total. The van der Waals surface area contributed by atoms with Gasteiger partial charge in [-0.05, 0) is 45.7 Å². The molecule has 0 bridgehead atoms. The zero-order valence-corrected chi connectivity index (χ0v) is 11.9. The standard InChI is InChI=1S/C15H20O5/c1-14(2)7-6-12(17)15(3,20-14)10-5-4-9(13(18)19)8-11(10)16/h4-5,8,12,16-17H,6-7H2,1-3H3,(H,18,19). The number of aliphatic hydroxyl groups excluding tert-OH is 1. The Kier molecular flexibility index (Phi) is 3.52. The Hall–Kier alpha value is -1.59. The summed E-state index contributed by atoms with van der Waals surface area (Å²) in [4.78, 5) is 10.9. The Balaban J connectivity index is 2.45. The fourth-order valence-corrected chi connectivity index (χ4v) is 2.77. The van der Waals surface area contributed by atoms with Crippen molar-refractivity contribution in [1.82, 2.24) is 0 Å². The highest BCUT2D eigenvalue weighted by molar-refractivity contribution is 5.88. The van der Waals surface area contributed by atoms with Gasteiger partial charge in [-0.1, -0.05) is 6.07 Å². The molecule has 0 saturated carbocycles. The third kappa shape index (κ3) is 2.51. The second-order valence-electron chi connectivity index (χ2n) is 6.06. The number of aliphatic hydroxyl groups is 1. The summed E-state index contributed by atoms with van der Waals surface area (Å²) in [6.45, 7) is 5.58. The molecule has 0 amide bonds. The van der Waals surface area contributed by atoms with Crippen LogP contribution >= 0.6 is 0 Å². The maximum atomic E-state index is 10.9. The van der Waals surface area contributed by atoms with Crippen LogP contribution in [0.4, 0.5) is 0 Å². The molecular weight excluding hydrogens is 260 g/mol. The van der Waals surface area contributed by atoms with Gasteiger partial charge in [-0.2, -0.15) is 0 Å². The maximum absolute atomic E-state index is 10.9. The van der Waals surface area contributed by atoms with Gasteiger partial charge >= 0.3 is 5.97 Å². The second-order valence-corrected chi connectivity index (χ2v) is 6.06. The van der Waals surface area contributed by atoms with Crippen LogP contribution in [0.5, 0.6) is 5.75 Å². The van der Waals surface area contributed by atoms with E-state index in [0.29, 0.717) is 12.0 Å². The zero-order valence-electron chi connectivity index (χ0n) is 11.9. The van der Waals surface area contributed by atoms with Crippen LogP contribution in [0.1, 0.15) is 49.5 Å². The van der Waals surface area contributed by atoms with E-state index in [1.165, 1.54) is 18.2 Å². The summed E-state index contributed by atoms with van der Waals surface area (Å²) in [5.74, 6) is -1.29. The molecular formula is C15H20O5. The monoisotopic (exact) mass is 280 g/mol. The van der Waals surface area contributed by atoms with Gasteiger partial charge in [0.05, 0.1) is 17.3 Å². The van der Waals surface area contributed by atoms with Crippen LogP contribution in [0.15, 0.2) is 18.2 Å². The number of benzene rings is 1. The molecule has 2 rings (SSSR count). The first-order chi connectivity index (χ1) is 9.16. The van der Waals surface area contributed by atoms with Crippen LogP contribution < -0.4 is 0 Å². The number of phenols is 1. The quantitative estimate of drug-likeness (QED) is 0.773. The number of phenolic OH excluding ortho intramolecular Hbond substituents is 1. The average Bonchev–Trinajstić information content (AvgIpc) is 2.33. The van der Waals surface area contributed by atoms with Gasteiger partial charge in [0.15, 0.2) is 0 Å². The van der Waals surface area contributed by atoms with Gasteiger partial charge in [0.1, 0.15) is 11.4 Å². The minimum atomic E-state index is -1.11. The topological polar surface area (TPSA) is 87.0 Å². The molecule has 0 aromatic heterocycles. The Morgan fingerprint density at radius 3 is 2.55 bits per heavy atom. The van der Waals surface area contributed by atoms with Crippen LogP contribution in [-0.2, 0) is 10.3 Å². The molecule has 1 saturated heterocycles. The van der Waals surface area contributed by atoms with Crippen LogP contribution in [0.2, 0.25) is 0 Å². The third-order valence-electron chi connectivity index (χ3n) is 3.92. The molecule has 1 aliphatic rings. The number of carboxylic acids is 1. The first-order valence-electron chi connectivity index (χ1n) is 6.61. The van der Waals surface area contributed by atoms with Gasteiger partial charge in [0.25, 0.3) is 0 Å². The van der Waals surface area contributed by atoms with Crippen LogP contribution in [0.25, 0.3) is 0 Å². The van der Waals surface area contributed by atoms with Crippen molar-refractivity contribution in [2.75, 3.05) is 0 Å². The number of hydrogen-bond donors (Lipinski definition) is 3. The van der Waals surface area contributed by atoms with Gasteiger partial charge in [-0.3, -0.25) is 0 Å². The van der Waals surface area contributed by atoms with E-state index in [1.807, 2.05) is 13.8 Å². The fourth-order valence-electron chi connectivity index (χ4n) is 2.77. The molecule has 20 heavy (non-hydrogen) atoms. The van der Waals surface area contributed by atoms with Gasteiger partial charge < -0.3 is 20.1 Å². The van der Waals surface area contributed by atoms with Crippen molar-refractivity contribution >= 4 is 5.97 Å². The summed E-state index contributed by atoms with van der Waals surface area (Å²) in [5.41, 5.74) is -1.06. The number of carbonyl (C=O) groups is 1. The first kappa shape index (κ1) is 14.8. The van der Waals surface area contributed by atoms with E-state index in [9.17, 15) is 15.0 Å². The molecule has 0 aliphatic carbocycles. The van der Waals surface area contributed by atoms with E-state index >= 15 is 0 Å². The van der Waals surface area contributed by atoms with Gasteiger partial charge in [-0.15, -0.1) is 0 Å². The molecule has 0 radical (unpaired) electrons. The van der Waals surface area contributed by atoms with Gasteiger partial charge in [0, 0.05) is 5.56 Å². The predicted octanol–water partition coefficient (Wildman–Crippen LogP) is 2.26. The predicted molar refractivity (Wildman–Crippen MR) is 72.8 cm³/mol. The number of aromatic hydroxyl groups is 1. The van der Waals surface area contributed by atoms with Crippen LogP contribution in [0, 0.1) is 0 Å². The number of carboxylic acid groups (broad SMARTS) is 1. The van der Waals surface area contributed by atoms with Crippen LogP contribution in [0.3, 0.4) is 0 Å². The summed E-state index contributed by atoms with van der Waals surface area (Å²) in [6, 6.07) is 4.09. The van der Waals surface area contributed by atoms with Crippen molar-refractivity contribution in [2.24, 2.45) is 0 Å². The first-order valence-corrected chi connectivity index (χ1v) is 6.61. The molecule has 2 atom stereocenters. The van der Waals surface area contributed by atoms with E-state index in [0.717, 1.165) is 6.42 Å². The Bertz CT molecular complexity index is 537. The molecule has 5 heteroatoms. The molecule has 2 unspecified atom stereocenters. The average molecular weight is 280 g/mol. The summed E-state index contributed by atoms with van der Waals surface area (Å²) in [7, 11) is 0. The molecule has 1 aromatic carbocycles. The smallest absolute Gasteiger partial charge is 0.335 e. The number of rotatable bonds is 2. The Labute approximate surface area is 117 Å². The van der Waals surface area contributed by atoms with Crippen molar-refractivity contribution in [3.05, 3.63) is 29.3 Å². The SMILES string of the molecule is CC1(C)CCC(O)C(C)(c2ccc(C(=O)O)cc2O)O1. The van der Waals surface area contributed by atoms with Gasteiger partial charge in [-0.25, -0.2) is 4.79 Å². The number of ether oxygens (including phenoxy) is 1. The van der Waals surface area contributed by atoms with Crippen molar-refractivity contribution < 1.29 is 24.9 Å². The molecule has 0 spiro atoms. The molecule has 110 valence electrons. The lowest BCUT2D eigenvalue weighted by molar-refractivity contribution is -0.222. The second kappa shape index (κ2) is 4.75. The fraction of sp³-hybridized carbons (Fsp3) is 0.533. The molecule has 1 fully saturated rings. The Morgan fingerprint density at radius 1 is 1.35 bits per heavy atom. The van der Waals surface area contributed by atoms with E-state index in [-0.39, 0.29) is 11.3 Å². The van der Waals surface area contributed by atoms with Crippen molar-refractivity contribution in [2.45, 2.75) is 50.9 Å². The minimum Gasteiger partial charge on any atom is -0.508 e. The highest BCUT2D eigenvalue weighted by Gasteiger charge is 2.46. The maximum Gasteiger partial charge on any atom is 0.335 e. The Morgan fingerprint density at radius 2 is 2.00 bits per heavy atom. The lowest BCUT2D eigenvalue weighted by atomic mass is 9.80. The zero-order chi connectivity index (χ0) is 15.1. The van der Waals surface area contributed by atoms with E-state index < -0.39 is 23.3 Å². The number of hydrogen-bond acceptors (Lipinski definition) is 4. The van der Waals surface area contributed by atoms with Crippen molar-refractivity contribution in [3.8, 4) is 5.75 Å². The molecule has 3 N–H and O–H groups in total. The highest BCUT2D eigenvalue weighted by Crippen LogP contribution is 2.44. The normalized spacial score (nSPS) is 29.1. The highest BCUT2D eigenvalue weighted by atomic mass is 16.5. The lowest BCUT2D eigenvalue weighted by Gasteiger charge is -2.46. The number of aromatic carboxylic acids is 1. The molecule has 1 aliphatic heterocycles. The summed E-state index contributed by atoms with van der Waals surface area (Å²) >= 11 is 0. The summed E-state index contributed by atoms with van der Waals surface area (Å²) < 4.78 is 5.98. The third-order valence-corrected chi connectivity index (χ3v) is 3.92. The van der Waals surface area contributed by atoms with Crippen molar-refractivity contribution in [1.29, 1.82) is 0 Å². The minimum absolute atomic E-state index is 0.000547.